The summed E-state index contributed by atoms with van der Waals surface area (Å²) < 4.78 is 30.7. The van der Waals surface area contributed by atoms with Crippen molar-refractivity contribution in [3.8, 4) is 0 Å². The third-order valence-corrected chi connectivity index (χ3v) is 2.67. The van der Waals surface area contributed by atoms with E-state index < -0.39 is 21.3 Å². The molecule has 1 aromatic rings. The fourth-order valence-electron chi connectivity index (χ4n) is 0.930. The average molecular weight is 310 g/mol. The van der Waals surface area contributed by atoms with Gasteiger partial charge in [-0.15, -0.1) is 0 Å². The molecule has 0 saturated carbocycles. The quantitative estimate of drug-likeness (QED) is 0.354. The van der Waals surface area contributed by atoms with Crippen LogP contribution in [0.25, 0.3) is 0 Å². The van der Waals surface area contributed by atoms with Crippen molar-refractivity contribution in [1.29, 1.82) is 0 Å². The molecule has 0 aliphatic heterocycles. The third kappa shape index (κ3) is 5.27. The molecule has 0 heterocycles. The molecule has 1 aromatic carbocycles. The van der Waals surface area contributed by atoms with Gasteiger partial charge < -0.3 is 0 Å². The van der Waals surface area contributed by atoms with Crippen molar-refractivity contribution in [2.45, 2.75) is 0 Å². The Morgan fingerprint density at radius 3 is 2.28 bits per heavy atom. The Balaban J connectivity index is 2.52. The summed E-state index contributed by atoms with van der Waals surface area (Å²) in [5.41, 5.74) is 4.52. The number of benzene rings is 1. The molecule has 4 N–H and O–H groups in total. The maximum absolute atomic E-state index is 11.5. The van der Waals surface area contributed by atoms with E-state index in [1.54, 1.807) is 4.72 Å². The number of carbonyl (C=O) groups is 1. The van der Waals surface area contributed by atoms with E-state index in [9.17, 15) is 13.2 Å². The fraction of sp³-hybridized carbons (Fsp3) is 0. The fourth-order valence-corrected chi connectivity index (χ4v) is 1.71. The van der Waals surface area contributed by atoms with Crippen LogP contribution < -0.4 is 15.6 Å². The number of carbonyl (C=O) groups excluding carboxylic acids is 1. The average Bonchev–Trinajstić information content (AvgIpc) is 2.24. The first kappa shape index (κ1) is 14.6. The Morgan fingerprint density at radius 2 is 1.78 bits per heavy atom. The lowest BCUT2D eigenvalue weighted by Crippen LogP contribution is -2.48. The first-order valence-electron chi connectivity index (χ1n) is 4.39. The summed E-state index contributed by atoms with van der Waals surface area (Å²) in [6.45, 7) is 0. The molecule has 0 atom stereocenters. The minimum atomic E-state index is -4.46. The first-order chi connectivity index (χ1) is 8.28. The van der Waals surface area contributed by atoms with Crippen LogP contribution in [0.1, 0.15) is 10.4 Å². The molecule has 0 aromatic heterocycles. The number of halogens is 1. The third-order valence-electron chi connectivity index (χ3n) is 1.62. The predicted molar refractivity (Wildman–Crippen MR) is 69.3 cm³/mol. The van der Waals surface area contributed by atoms with Gasteiger partial charge in [-0.2, -0.15) is 8.42 Å². The second-order valence-corrected chi connectivity index (χ2v) is 4.99. The Morgan fingerprint density at radius 1 is 1.22 bits per heavy atom. The molecule has 10 heteroatoms. The maximum atomic E-state index is 11.5. The van der Waals surface area contributed by atoms with Crippen molar-refractivity contribution >= 4 is 45.1 Å². The van der Waals surface area contributed by atoms with Crippen LogP contribution in [0.5, 0.6) is 0 Å². The lowest BCUT2D eigenvalue weighted by molar-refractivity contribution is 0.0943. The number of hydrogen-bond acceptors (Lipinski definition) is 4. The molecule has 0 radical (unpaired) electrons. The zero-order valence-electron chi connectivity index (χ0n) is 8.68. The highest BCUT2D eigenvalue weighted by molar-refractivity contribution is 7.87. The van der Waals surface area contributed by atoms with Crippen LogP contribution in [-0.2, 0) is 10.3 Å². The summed E-state index contributed by atoms with van der Waals surface area (Å²) in [6, 6.07) is 5.98. The van der Waals surface area contributed by atoms with Crippen LogP contribution in [-0.4, -0.2) is 24.0 Å². The number of hydrazine groups is 1. The number of thiocarbonyl (C=S) groups is 1. The molecule has 98 valence electrons. The van der Waals surface area contributed by atoms with Crippen LogP contribution in [0.4, 0.5) is 0 Å². The van der Waals surface area contributed by atoms with Gasteiger partial charge in [0.15, 0.2) is 0 Å². The molecule has 18 heavy (non-hydrogen) atoms. The van der Waals surface area contributed by atoms with Gasteiger partial charge in [0, 0.05) is 10.6 Å². The van der Waals surface area contributed by atoms with Gasteiger partial charge in [-0.1, -0.05) is 11.6 Å². The Labute approximate surface area is 113 Å². The van der Waals surface area contributed by atoms with Gasteiger partial charge >= 0.3 is 10.3 Å². The molecule has 0 unspecified atom stereocenters. The van der Waals surface area contributed by atoms with E-state index in [-0.39, 0.29) is 0 Å². The summed E-state index contributed by atoms with van der Waals surface area (Å²) in [5.74, 6) is -0.550. The summed E-state index contributed by atoms with van der Waals surface area (Å²) in [6.07, 6.45) is 0. The highest BCUT2D eigenvalue weighted by atomic mass is 35.5. The van der Waals surface area contributed by atoms with Crippen LogP contribution in [0.2, 0.25) is 5.02 Å². The molecule has 0 spiro atoms. The highest BCUT2D eigenvalue weighted by Crippen LogP contribution is 2.08. The molecular formula is C8H8ClN3O4S2. The van der Waals surface area contributed by atoms with E-state index in [2.05, 4.69) is 23.1 Å². The Bertz CT molecular complexity index is 558. The van der Waals surface area contributed by atoms with Gasteiger partial charge in [0.2, 0.25) is 5.11 Å². The van der Waals surface area contributed by atoms with Gasteiger partial charge in [0.05, 0.1) is 0 Å². The molecule has 7 nitrogen and oxygen atoms in total. The molecule has 0 aliphatic rings. The maximum Gasteiger partial charge on any atom is 0.359 e. The SMILES string of the molecule is O=C(NNC(=S)NS(=O)(=O)O)c1ccc(Cl)cc1. The minimum Gasteiger partial charge on any atom is -0.273 e. The molecule has 0 fully saturated rings. The van der Waals surface area contributed by atoms with Crippen molar-refractivity contribution in [3.05, 3.63) is 34.9 Å². The zero-order valence-corrected chi connectivity index (χ0v) is 11.1. The minimum absolute atomic E-state index is 0.293. The topological polar surface area (TPSA) is 108 Å². The monoisotopic (exact) mass is 309 g/mol. The van der Waals surface area contributed by atoms with Crippen molar-refractivity contribution < 1.29 is 17.8 Å². The van der Waals surface area contributed by atoms with E-state index in [0.717, 1.165) is 0 Å². The number of rotatable bonds is 2. The van der Waals surface area contributed by atoms with Gasteiger partial charge in [0.25, 0.3) is 5.91 Å². The molecule has 1 rings (SSSR count). The van der Waals surface area contributed by atoms with Gasteiger partial charge in [-0.05, 0) is 36.5 Å². The second kappa shape index (κ2) is 5.96. The Hall–Kier alpha value is -1.42. The smallest absolute Gasteiger partial charge is 0.273 e. The summed E-state index contributed by atoms with van der Waals surface area (Å²) >= 11 is 10.1. The predicted octanol–water partition coefficient (Wildman–Crippen LogP) is 0.252. The van der Waals surface area contributed by atoms with Crippen LogP contribution >= 0.6 is 23.8 Å². The van der Waals surface area contributed by atoms with E-state index in [0.29, 0.717) is 10.6 Å². The second-order valence-electron chi connectivity index (χ2n) is 2.99. The normalized spacial score (nSPS) is 10.6. The molecule has 1 amide bonds. The van der Waals surface area contributed by atoms with E-state index in [1.807, 2.05) is 0 Å². The summed E-state index contributed by atoms with van der Waals surface area (Å²) in [4.78, 5) is 11.5. The number of amides is 1. The van der Waals surface area contributed by atoms with Gasteiger partial charge in [-0.3, -0.25) is 20.2 Å². The largest absolute Gasteiger partial charge is 0.359 e. The highest BCUT2D eigenvalue weighted by Gasteiger charge is 2.08. The molecule has 0 bridgehead atoms. The van der Waals surface area contributed by atoms with Crippen LogP contribution in [0, 0.1) is 0 Å². The number of hydrogen-bond donors (Lipinski definition) is 4. The van der Waals surface area contributed by atoms with Gasteiger partial charge in [0.1, 0.15) is 0 Å². The van der Waals surface area contributed by atoms with E-state index >= 15 is 0 Å². The zero-order chi connectivity index (χ0) is 13.8. The lowest BCUT2D eigenvalue weighted by atomic mass is 10.2. The van der Waals surface area contributed by atoms with Gasteiger partial charge in [-0.25, -0.2) is 4.72 Å². The summed E-state index contributed by atoms with van der Waals surface area (Å²) in [7, 11) is -4.46. The van der Waals surface area contributed by atoms with Crippen LogP contribution in [0.3, 0.4) is 0 Å². The van der Waals surface area contributed by atoms with Crippen molar-refractivity contribution in [1.82, 2.24) is 15.6 Å². The lowest BCUT2D eigenvalue weighted by Gasteiger charge is -2.09. The van der Waals surface area contributed by atoms with Crippen molar-refractivity contribution in [2.24, 2.45) is 0 Å². The van der Waals surface area contributed by atoms with Crippen molar-refractivity contribution in [3.63, 3.8) is 0 Å². The Kier molecular flexibility index (Phi) is 4.84. The standard InChI is InChI=1S/C8H8ClN3O4S2/c9-6-3-1-5(2-4-6)7(13)10-11-8(17)12-18(14,15)16/h1-4H,(H,10,13)(H2,11,12,17)(H,14,15,16). The molecule has 0 aliphatic carbocycles. The molecular weight excluding hydrogens is 302 g/mol. The van der Waals surface area contributed by atoms with Crippen molar-refractivity contribution in [2.75, 3.05) is 0 Å². The van der Waals surface area contributed by atoms with Crippen LogP contribution in [0.15, 0.2) is 24.3 Å². The molecule has 0 saturated heterocycles. The first-order valence-corrected chi connectivity index (χ1v) is 6.61. The summed E-state index contributed by atoms with van der Waals surface area (Å²) in [5, 5.41) is 0.00267. The van der Waals surface area contributed by atoms with E-state index in [1.165, 1.54) is 24.3 Å². The number of nitrogens with one attached hydrogen (secondary N) is 3. The van der Waals surface area contributed by atoms with E-state index in [4.69, 9.17) is 16.2 Å².